The molecule has 0 spiro atoms. The monoisotopic (exact) mass is 328 g/mol. The maximum absolute atomic E-state index is 13.7. The van der Waals surface area contributed by atoms with Crippen molar-refractivity contribution in [1.29, 1.82) is 0 Å². The summed E-state index contributed by atoms with van der Waals surface area (Å²) in [7, 11) is 0. The molecule has 1 aliphatic heterocycles. The van der Waals surface area contributed by atoms with Crippen molar-refractivity contribution in [1.82, 2.24) is 5.32 Å². The number of halogens is 2. The molecule has 1 N–H and O–H groups in total. The number of nitrogens with one attached hydrogen (secondary N) is 1. The number of aryl methyl sites for hydroxylation is 1. The van der Waals surface area contributed by atoms with Gasteiger partial charge in [-0.2, -0.15) is 0 Å². The molecular formula is C15H22BrFN2. The van der Waals surface area contributed by atoms with E-state index in [-0.39, 0.29) is 5.82 Å². The van der Waals surface area contributed by atoms with E-state index in [2.05, 4.69) is 40.0 Å². The number of hydrogen-bond donors (Lipinski definition) is 1. The summed E-state index contributed by atoms with van der Waals surface area (Å²) in [5.41, 5.74) is 2.17. The first kappa shape index (κ1) is 14.8. The Hall–Kier alpha value is -0.610. The van der Waals surface area contributed by atoms with E-state index < -0.39 is 0 Å². The molecule has 0 aromatic heterocycles. The molecule has 2 nitrogen and oxygen atoms in total. The fourth-order valence-electron chi connectivity index (χ4n) is 2.60. The average Bonchev–Trinajstić information content (AvgIpc) is 2.80. The van der Waals surface area contributed by atoms with Gasteiger partial charge in [-0.25, -0.2) is 4.39 Å². The Kier molecular flexibility index (Phi) is 4.85. The van der Waals surface area contributed by atoms with Crippen LogP contribution in [-0.2, 0) is 0 Å². The van der Waals surface area contributed by atoms with Crippen LogP contribution in [0.4, 0.5) is 10.1 Å². The van der Waals surface area contributed by atoms with E-state index in [1.165, 1.54) is 6.42 Å². The van der Waals surface area contributed by atoms with Gasteiger partial charge in [-0.1, -0.05) is 13.8 Å². The van der Waals surface area contributed by atoms with Crippen molar-refractivity contribution in [2.75, 3.05) is 24.5 Å². The van der Waals surface area contributed by atoms with Gasteiger partial charge in [0.15, 0.2) is 0 Å². The molecule has 1 unspecified atom stereocenters. The van der Waals surface area contributed by atoms with Gasteiger partial charge in [-0.3, -0.25) is 0 Å². The van der Waals surface area contributed by atoms with Crippen LogP contribution in [0.25, 0.3) is 0 Å². The van der Waals surface area contributed by atoms with E-state index in [1.807, 2.05) is 13.0 Å². The molecule has 1 atom stereocenters. The lowest BCUT2D eigenvalue weighted by atomic mass is 10.1. The van der Waals surface area contributed by atoms with E-state index >= 15 is 0 Å². The summed E-state index contributed by atoms with van der Waals surface area (Å²) >= 11 is 3.24. The Bertz CT molecular complexity index is 448. The maximum Gasteiger partial charge on any atom is 0.139 e. The van der Waals surface area contributed by atoms with Gasteiger partial charge in [0.25, 0.3) is 0 Å². The second-order valence-electron chi connectivity index (χ2n) is 5.72. The van der Waals surface area contributed by atoms with Crippen molar-refractivity contribution in [2.24, 2.45) is 5.92 Å². The molecule has 0 bridgehead atoms. The number of hydrogen-bond acceptors (Lipinski definition) is 2. The van der Waals surface area contributed by atoms with Gasteiger partial charge in [-0.05, 0) is 59.4 Å². The third-order valence-electron chi connectivity index (χ3n) is 3.68. The zero-order chi connectivity index (χ0) is 14.0. The van der Waals surface area contributed by atoms with E-state index in [0.29, 0.717) is 16.4 Å². The minimum Gasteiger partial charge on any atom is -0.371 e. The summed E-state index contributed by atoms with van der Waals surface area (Å²) in [6.45, 7) is 9.46. The van der Waals surface area contributed by atoms with Crippen LogP contribution in [0.1, 0.15) is 25.8 Å². The summed E-state index contributed by atoms with van der Waals surface area (Å²) in [5.74, 6) is 0.484. The molecule has 1 aromatic carbocycles. The lowest BCUT2D eigenvalue weighted by molar-refractivity contribution is 0.480. The zero-order valence-corrected chi connectivity index (χ0v) is 13.4. The molecule has 0 amide bonds. The Labute approximate surface area is 123 Å². The van der Waals surface area contributed by atoms with Gasteiger partial charge >= 0.3 is 0 Å². The van der Waals surface area contributed by atoms with Crippen LogP contribution in [0.5, 0.6) is 0 Å². The molecule has 1 aliphatic rings. The van der Waals surface area contributed by atoms with E-state index in [9.17, 15) is 4.39 Å². The van der Waals surface area contributed by atoms with Crippen molar-refractivity contribution < 1.29 is 4.39 Å². The predicted molar refractivity (Wildman–Crippen MR) is 82.3 cm³/mol. The molecule has 1 aromatic rings. The predicted octanol–water partition coefficient (Wildman–Crippen LogP) is 3.72. The first-order valence-electron chi connectivity index (χ1n) is 6.91. The minimum atomic E-state index is -0.177. The molecule has 19 heavy (non-hydrogen) atoms. The Morgan fingerprint density at radius 1 is 1.47 bits per heavy atom. The van der Waals surface area contributed by atoms with Crippen molar-refractivity contribution in [3.8, 4) is 0 Å². The van der Waals surface area contributed by atoms with E-state index in [4.69, 9.17) is 0 Å². The highest BCUT2D eigenvalue weighted by molar-refractivity contribution is 9.10. The molecule has 4 heteroatoms. The summed E-state index contributed by atoms with van der Waals surface area (Å²) < 4.78 is 14.2. The Morgan fingerprint density at radius 2 is 2.21 bits per heavy atom. The van der Waals surface area contributed by atoms with Gasteiger partial charge < -0.3 is 10.2 Å². The second kappa shape index (κ2) is 6.23. The van der Waals surface area contributed by atoms with Crippen molar-refractivity contribution in [3.05, 3.63) is 28.0 Å². The standard InChI is InChI=1S/C15H22BrFN2/c1-10(2)18-8-12-4-5-19(9-12)15-7-14(17)13(16)6-11(15)3/h6-7,10,12,18H,4-5,8-9H2,1-3H3. The lowest BCUT2D eigenvalue weighted by Gasteiger charge is -2.22. The van der Waals surface area contributed by atoms with Gasteiger partial charge in [0, 0.05) is 24.8 Å². The molecular weight excluding hydrogens is 307 g/mol. The maximum atomic E-state index is 13.7. The van der Waals surface area contributed by atoms with Crippen molar-refractivity contribution in [3.63, 3.8) is 0 Å². The fraction of sp³-hybridized carbons (Fsp3) is 0.600. The molecule has 0 saturated carbocycles. The van der Waals surface area contributed by atoms with Crippen molar-refractivity contribution >= 4 is 21.6 Å². The molecule has 0 aliphatic carbocycles. The highest BCUT2D eigenvalue weighted by Gasteiger charge is 2.24. The molecule has 0 radical (unpaired) electrons. The minimum absolute atomic E-state index is 0.177. The van der Waals surface area contributed by atoms with Crippen molar-refractivity contribution in [2.45, 2.75) is 33.2 Å². The summed E-state index contributed by atoms with van der Waals surface area (Å²) in [5, 5.41) is 3.49. The first-order valence-corrected chi connectivity index (χ1v) is 7.70. The first-order chi connectivity index (χ1) is 8.97. The number of anilines is 1. The third kappa shape index (κ3) is 3.69. The molecule has 1 saturated heterocycles. The normalized spacial score (nSPS) is 19.5. The zero-order valence-electron chi connectivity index (χ0n) is 11.8. The van der Waals surface area contributed by atoms with E-state index in [0.717, 1.165) is 30.9 Å². The largest absolute Gasteiger partial charge is 0.371 e. The Morgan fingerprint density at radius 3 is 2.89 bits per heavy atom. The highest BCUT2D eigenvalue weighted by Crippen LogP contribution is 2.30. The van der Waals surface area contributed by atoms with Crippen LogP contribution in [0.15, 0.2) is 16.6 Å². The number of rotatable bonds is 4. The summed E-state index contributed by atoms with van der Waals surface area (Å²) in [6, 6.07) is 4.04. The van der Waals surface area contributed by atoms with Crippen LogP contribution in [0, 0.1) is 18.7 Å². The fourth-order valence-corrected chi connectivity index (χ4v) is 3.05. The van der Waals surface area contributed by atoms with Crippen LogP contribution >= 0.6 is 15.9 Å². The third-order valence-corrected chi connectivity index (χ3v) is 4.29. The lowest BCUT2D eigenvalue weighted by Crippen LogP contribution is -2.30. The highest BCUT2D eigenvalue weighted by atomic mass is 79.9. The van der Waals surface area contributed by atoms with E-state index in [1.54, 1.807) is 6.07 Å². The molecule has 1 heterocycles. The number of nitrogens with zero attached hydrogens (tertiary/aromatic N) is 1. The topological polar surface area (TPSA) is 15.3 Å². The number of benzene rings is 1. The molecule has 1 fully saturated rings. The van der Waals surface area contributed by atoms with Gasteiger partial charge in [0.2, 0.25) is 0 Å². The Balaban J connectivity index is 2.02. The van der Waals surface area contributed by atoms with Gasteiger partial charge in [0.05, 0.1) is 4.47 Å². The summed E-state index contributed by atoms with van der Waals surface area (Å²) in [4.78, 5) is 2.30. The smallest absolute Gasteiger partial charge is 0.139 e. The SMILES string of the molecule is Cc1cc(Br)c(F)cc1N1CCC(CNC(C)C)C1. The quantitative estimate of drug-likeness (QED) is 0.906. The average molecular weight is 329 g/mol. The van der Waals surface area contributed by atoms with Crippen LogP contribution in [-0.4, -0.2) is 25.7 Å². The van der Waals surface area contributed by atoms with Gasteiger partial charge in [0.1, 0.15) is 5.82 Å². The van der Waals surface area contributed by atoms with Gasteiger partial charge in [-0.15, -0.1) is 0 Å². The second-order valence-corrected chi connectivity index (χ2v) is 6.57. The van der Waals surface area contributed by atoms with Crippen LogP contribution in [0.3, 0.4) is 0 Å². The molecule has 106 valence electrons. The van der Waals surface area contributed by atoms with Crippen LogP contribution < -0.4 is 10.2 Å². The molecule has 2 rings (SSSR count). The summed E-state index contributed by atoms with van der Waals surface area (Å²) in [6.07, 6.45) is 1.18. The van der Waals surface area contributed by atoms with Crippen LogP contribution in [0.2, 0.25) is 0 Å².